The van der Waals surface area contributed by atoms with E-state index in [0.29, 0.717) is 24.5 Å². The monoisotopic (exact) mass is 340 g/mol. The summed E-state index contributed by atoms with van der Waals surface area (Å²) in [5.74, 6) is 2.46. The Balaban J connectivity index is 1.64. The largest absolute Gasteiger partial charge is 0.496 e. The predicted octanol–water partition coefficient (Wildman–Crippen LogP) is 2.74. The Bertz CT molecular complexity index is 742. The van der Waals surface area contributed by atoms with Crippen molar-refractivity contribution in [1.29, 1.82) is 0 Å². The SMILES string of the molecule is COc1ccccc1CN(c1cc([C@@H]2CCOC2)nc(N)n1)C1CC1. The highest BCUT2D eigenvalue weighted by Gasteiger charge is 2.32. The normalized spacial score (nSPS) is 19.8. The molecule has 0 bridgehead atoms. The van der Waals surface area contributed by atoms with Crippen LogP contribution in [-0.4, -0.2) is 36.3 Å². The molecule has 6 heteroatoms. The Labute approximate surface area is 148 Å². The first-order valence-electron chi connectivity index (χ1n) is 8.85. The average Bonchev–Trinajstić information content (AvgIpc) is 3.31. The van der Waals surface area contributed by atoms with Gasteiger partial charge in [-0.25, -0.2) is 4.98 Å². The van der Waals surface area contributed by atoms with Gasteiger partial charge >= 0.3 is 0 Å². The molecular weight excluding hydrogens is 316 g/mol. The minimum absolute atomic E-state index is 0.316. The second kappa shape index (κ2) is 6.88. The Hall–Kier alpha value is -2.34. The second-order valence-electron chi connectivity index (χ2n) is 6.74. The van der Waals surface area contributed by atoms with Crippen molar-refractivity contribution in [3.8, 4) is 5.75 Å². The van der Waals surface area contributed by atoms with Crippen molar-refractivity contribution in [3.63, 3.8) is 0 Å². The summed E-state index contributed by atoms with van der Waals surface area (Å²) < 4.78 is 11.0. The van der Waals surface area contributed by atoms with Crippen LogP contribution in [-0.2, 0) is 11.3 Å². The number of methoxy groups -OCH3 is 1. The molecule has 1 aromatic heterocycles. The van der Waals surface area contributed by atoms with Crippen molar-refractivity contribution >= 4 is 11.8 Å². The molecule has 2 heterocycles. The molecule has 1 aliphatic carbocycles. The standard InChI is InChI=1S/C19H24N4O2/c1-24-17-5-3-2-4-13(17)11-23(15-6-7-15)18-10-16(21-19(20)22-18)14-8-9-25-12-14/h2-5,10,14-15H,6-9,11-12H2,1H3,(H2,20,21,22)/t14-/m1/s1. The average molecular weight is 340 g/mol. The summed E-state index contributed by atoms with van der Waals surface area (Å²) in [4.78, 5) is 11.3. The molecular formula is C19H24N4O2. The van der Waals surface area contributed by atoms with Gasteiger partial charge in [-0.05, 0) is 25.3 Å². The van der Waals surface area contributed by atoms with Crippen LogP contribution in [0.25, 0.3) is 0 Å². The molecule has 0 unspecified atom stereocenters. The summed E-state index contributed by atoms with van der Waals surface area (Å²) in [6.45, 7) is 2.26. The third-order valence-electron chi connectivity index (χ3n) is 4.91. The number of nitrogen functional groups attached to an aromatic ring is 1. The van der Waals surface area contributed by atoms with Crippen molar-refractivity contribution < 1.29 is 9.47 Å². The lowest BCUT2D eigenvalue weighted by molar-refractivity contribution is 0.193. The zero-order valence-electron chi connectivity index (χ0n) is 14.5. The number of benzene rings is 1. The first-order chi connectivity index (χ1) is 12.2. The molecule has 0 radical (unpaired) electrons. The summed E-state index contributed by atoms with van der Waals surface area (Å²) in [7, 11) is 1.71. The van der Waals surface area contributed by atoms with E-state index in [9.17, 15) is 0 Å². The zero-order chi connectivity index (χ0) is 17.2. The minimum Gasteiger partial charge on any atom is -0.496 e. The van der Waals surface area contributed by atoms with E-state index in [0.717, 1.165) is 42.4 Å². The quantitative estimate of drug-likeness (QED) is 0.872. The Morgan fingerprint density at radius 2 is 2.08 bits per heavy atom. The molecule has 1 aliphatic heterocycles. The van der Waals surface area contributed by atoms with E-state index in [2.05, 4.69) is 27.0 Å². The van der Waals surface area contributed by atoms with Crippen LogP contribution in [0.2, 0.25) is 0 Å². The fourth-order valence-corrected chi connectivity index (χ4v) is 3.40. The van der Waals surface area contributed by atoms with Gasteiger partial charge in [0.2, 0.25) is 5.95 Å². The summed E-state index contributed by atoms with van der Waals surface area (Å²) in [6.07, 6.45) is 3.35. The van der Waals surface area contributed by atoms with Crippen molar-refractivity contribution in [2.24, 2.45) is 0 Å². The van der Waals surface area contributed by atoms with E-state index in [4.69, 9.17) is 15.2 Å². The van der Waals surface area contributed by atoms with Crippen molar-refractivity contribution in [2.75, 3.05) is 31.0 Å². The van der Waals surface area contributed by atoms with Crippen molar-refractivity contribution in [2.45, 2.75) is 37.8 Å². The highest BCUT2D eigenvalue weighted by Crippen LogP contribution is 2.35. The number of ether oxygens (including phenoxy) is 2. The number of aromatic nitrogens is 2. The molecule has 6 nitrogen and oxygen atoms in total. The van der Waals surface area contributed by atoms with Gasteiger partial charge in [0.25, 0.3) is 0 Å². The molecule has 2 N–H and O–H groups in total. The van der Waals surface area contributed by atoms with Crippen LogP contribution in [0.4, 0.5) is 11.8 Å². The number of nitrogens with zero attached hydrogens (tertiary/aromatic N) is 3. The molecule has 1 saturated heterocycles. The van der Waals surface area contributed by atoms with Crippen molar-refractivity contribution in [3.05, 3.63) is 41.6 Å². The zero-order valence-corrected chi connectivity index (χ0v) is 14.5. The molecule has 2 aromatic rings. The van der Waals surface area contributed by atoms with Gasteiger partial charge < -0.3 is 20.1 Å². The van der Waals surface area contributed by atoms with Crippen LogP contribution in [0.5, 0.6) is 5.75 Å². The highest BCUT2D eigenvalue weighted by atomic mass is 16.5. The van der Waals surface area contributed by atoms with Gasteiger partial charge in [-0.2, -0.15) is 4.98 Å². The van der Waals surface area contributed by atoms with E-state index in [-0.39, 0.29) is 0 Å². The molecule has 132 valence electrons. The molecule has 2 aliphatic rings. The van der Waals surface area contributed by atoms with Crippen LogP contribution in [0.3, 0.4) is 0 Å². The van der Waals surface area contributed by atoms with Gasteiger partial charge in [0.05, 0.1) is 19.4 Å². The second-order valence-corrected chi connectivity index (χ2v) is 6.74. The first kappa shape index (κ1) is 16.1. The number of anilines is 2. The molecule has 25 heavy (non-hydrogen) atoms. The number of hydrogen-bond donors (Lipinski definition) is 1. The van der Waals surface area contributed by atoms with Crippen LogP contribution >= 0.6 is 0 Å². The van der Waals surface area contributed by atoms with Gasteiger partial charge in [-0.1, -0.05) is 18.2 Å². The maximum absolute atomic E-state index is 6.02. The number of nitrogens with two attached hydrogens (primary N) is 1. The summed E-state index contributed by atoms with van der Waals surface area (Å²) in [5.41, 5.74) is 8.16. The molecule has 1 aromatic carbocycles. The lowest BCUT2D eigenvalue weighted by Gasteiger charge is -2.25. The molecule has 2 fully saturated rings. The Kier molecular flexibility index (Phi) is 4.44. The van der Waals surface area contributed by atoms with E-state index < -0.39 is 0 Å². The van der Waals surface area contributed by atoms with Gasteiger partial charge in [-0.15, -0.1) is 0 Å². The van der Waals surface area contributed by atoms with Gasteiger partial charge in [0.1, 0.15) is 11.6 Å². The maximum Gasteiger partial charge on any atom is 0.222 e. The van der Waals surface area contributed by atoms with Gasteiger partial charge in [0.15, 0.2) is 0 Å². The maximum atomic E-state index is 6.02. The van der Waals surface area contributed by atoms with Gasteiger partial charge in [0, 0.05) is 36.7 Å². The van der Waals surface area contributed by atoms with Crippen LogP contribution < -0.4 is 15.4 Å². The lowest BCUT2D eigenvalue weighted by atomic mass is 10.0. The van der Waals surface area contributed by atoms with Crippen molar-refractivity contribution in [1.82, 2.24) is 9.97 Å². The molecule has 1 atom stereocenters. The van der Waals surface area contributed by atoms with Crippen LogP contribution in [0.15, 0.2) is 30.3 Å². The summed E-state index contributed by atoms with van der Waals surface area (Å²) in [6, 6.07) is 10.7. The molecule has 0 spiro atoms. The fraction of sp³-hybridized carbons (Fsp3) is 0.474. The number of hydrogen-bond acceptors (Lipinski definition) is 6. The van der Waals surface area contributed by atoms with E-state index >= 15 is 0 Å². The number of para-hydroxylation sites is 1. The molecule has 4 rings (SSSR count). The molecule has 1 saturated carbocycles. The van der Waals surface area contributed by atoms with Crippen LogP contribution in [0, 0.1) is 0 Å². The van der Waals surface area contributed by atoms with Gasteiger partial charge in [-0.3, -0.25) is 0 Å². The first-order valence-corrected chi connectivity index (χ1v) is 8.85. The van der Waals surface area contributed by atoms with E-state index in [1.165, 1.54) is 12.8 Å². The Morgan fingerprint density at radius 1 is 1.24 bits per heavy atom. The summed E-state index contributed by atoms with van der Waals surface area (Å²) in [5, 5.41) is 0. The summed E-state index contributed by atoms with van der Waals surface area (Å²) >= 11 is 0. The topological polar surface area (TPSA) is 73.5 Å². The predicted molar refractivity (Wildman–Crippen MR) is 96.8 cm³/mol. The van der Waals surface area contributed by atoms with Crippen LogP contribution in [0.1, 0.15) is 36.4 Å². The number of rotatable bonds is 6. The molecule has 0 amide bonds. The lowest BCUT2D eigenvalue weighted by Crippen LogP contribution is -2.27. The Morgan fingerprint density at radius 3 is 2.80 bits per heavy atom. The van der Waals surface area contributed by atoms with E-state index in [1.807, 2.05) is 18.2 Å². The third kappa shape index (κ3) is 3.54. The third-order valence-corrected chi connectivity index (χ3v) is 4.91. The smallest absolute Gasteiger partial charge is 0.222 e. The van der Waals surface area contributed by atoms with E-state index in [1.54, 1.807) is 7.11 Å². The minimum atomic E-state index is 0.316. The highest BCUT2D eigenvalue weighted by molar-refractivity contribution is 5.48. The fourth-order valence-electron chi connectivity index (χ4n) is 3.40.